The van der Waals surface area contributed by atoms with Gasteiger partial charge in [0.2, 0.25) is 0 Å². The fourth-order valence-corrected chi connectivity index (χ4v) is 1.56. The summed E-state index contributed by atoms with van der Waals surface area (Å²) in [5.41, 5.74) is 7.51. The first-order valence-corrected chi connectivity index (χ1v) is 5.17. The number of benzene rings is 1. The molecule has 1 heterocycles. The first kappa shape index (κ1) is 14.0. The molecule has 0 amide bonds. The number of aromatic nitrogens is 1. The molecule has 0 bridgehead atoms. The normalized spacial score (nSPS) is 9.39. The predicted molar refractivity (Wildman–Crippen MR) is 74.5 cm³/mol. The monoisotopic (exact) mass is 263 g/mol. The second kappa shape index (κ2) is 6.02. The molecular formula is C13H14ClN3O. The fraction of sp³-hybridized carbons (Fsp3) is 0.0769. The lowest BCUT2D eigenvalue weighted by Crippen LogP contribution is -2.13. The Morgan fingerprint density at radius 3 is 2.39 bits per heavy atom. The van der Waals surface area contributed by atoms with Crippen LogP contribution < -0.4 is 10.5 Å². The zero-order valence-corrected chi connectivity index (χ0v) is 10.7. The summed E-state index contributed by atoms with van der Waals surface area (Å²) in [5.74, 6) is 0.617. The molecule has 1 aromatic heterocycles. The van der Waals surface area contributed by atoms with Crippen LogP contribution in [-0.2, 0) is 0 Å². The van der Waals surface area contributed by atoms with Crippen LogP contribution in [0, 0.1) is 5.41 Å². The SMILES string of the molecule is COc1ccc(C(=N)N)nc1-c1ccccc1.Cl. The summed E-state index contributed by atoms with van der Waals surface area (Å²) >= 11 is 0. The molecule has 0 fully saturated rings. The van der Waals surface area contributed by atoms with Crippen LogP contribution in [0.4, 0.5) is 0 Å². The molecule has 94 valence electrons. The molecule has 2 rings (SSSR count). The number of hydrogen-bond donors (Lipinski definition) is 2. The highest BCUT2D eigenvalue weighted by Crippen LogP contribution is 2.27. The largest absolute Gasteiger partial charge is 0.494 e. The maximum absolute atomic E-state index is 7.40. The number of hydrogen-bond acceptors (Lipinski definition) is 3. The van der Waals surface area contributed by atoms with Crippen molar-refractivity contribution >= 4 is 18.2 Å². The van der Waals surface area contributed by atoms with E-state index in [4.69, 9.17) is 15.9 Å². The van der Waals surface area contributed by atoms with E-state index in [-0.39, 0.29) is 18.2 Å². The Labute approximate surface area is 112 Å². The summed E-state index contributed by atoms with van der Waals surface area (Å²) < 4.78 is 5.26. The lowest BCUT2D eigenvalue weighted by Gasteiger charge is -2.09. The van der Waals surface area contributed by atoms with Gasteiger partial charge in [0.15, 0.2) is 0 Å². The van der Waals surface area contributed by atoms with E-state index in [0.29, 0.717) is 17.1 Å². The molecular weight excluding hydrogens is 250 g/mol. The molecule has 1 aromatic carbocycles. The summed E-state index contributed by atoms with van der Waals surface area (Å²) in [5, 5.41) is 7.40. The Bertz CT molecular complexity index is 543. The third-order valence-corrected chi connectivity index (χ3v) is 2.40. The minimum Gasteiger partial charge on any atom is -0.494 e. The highest BCUT2D eigenvalue weighted by molar-refractivity contribution is 5.93. The molecule has 2 aromatic rings. The van der Waals surface area contributed by atoms with Gasteiger partial charge < -0.3 is 10.5 Å². The van der Waals surface area contributed by atoms with Gasteiger partial charge in [0.05, 0.1) is 7.11 Å². The Kier molecular flexibility index (Phi) is 4.68. The molecule has 3 N–H and O–H groups in total. The van der Waals surface area contributed by atoms with Gasteiger partial charge in [0.1, 0.15) is 23.0 Å². The molecule has 0 atom stereocenters. The number of halogens is 1. The van der Waals surface area contributed by atoms with E-state index in [1.807, 2.05) is 30.3 Å². The molecule has 0 saturated heterocycles. The van der Waals surface area contributed by atoms with Crippen molar-refractivity contribution in [2.45, 2.75) is 0 Å². The standard InChI is InChI=1S/C13H13N3O.ClH/c1-17-11-8-7-10(13(14)15)16-12(11)9-5-3-2-4-6-9;/h2-8H,1H3,(H3,14,15);1H. The fourth-order valence-electron chi connectivity index (χ4n) is 1.56. The number of methoxy groups -OCH3 is 1. The van der Waals surface area contributed by atoms with Crippen LogP contribution in [0.1, 0.15) is 5.69 Å². The van der Waals surface area contributed by atoms with Gasteiger partial charge in [-0.3, -0.25) is 5.41 Å². The molecule has 0 aliphatic heterocycles. The van der Waals surface area contributed by atoms with E-state index in [1.165, 1.54) is 0 Å². The van der Waals surface area contributed by atoms with E-state index in [1.54, 1.807) is 19.2 Å². The van der Waals surface area contributed by atoms with E-state index in [2.05, 4.69) is 4.98 Å². The van der Waals surface area contributed by atoms with Gasteiger partial charge >= 0.3 is 0 Å². The van der Waals surface area contributed by atoms with Crippen LogP contribution in [0.25, 0.3) is 11.3 Å². The molecule has 0 aliphatic rings. The summed E-state index contributed by atoms with van der Waals surface area (Å²) in [6.07, 6.45) is 0. The Morgan fingerprint density at radius 2 is 1.83 bits per heavy atom. The Hall–Kier alpha value is -2.07. The number of nitrogens with zero attached hydrogens (tertiary/aromatic N) is 1. The third-order valence-electron chi connectivity index (χ3n) is 2.40. The van der Waals surface area contributed by atoms with Crippen molar-refractivity contribution in [3.05, 3.63) is 48.2 Å². The zero-order chi connectivity index (χ0) is 12.3. The minimum absolute atomic E-state index is 0. The quantitative estimate of drug-likeness (QED) is 0.660. The molecule has 4 nitrogen and oxygen atoms in total. The van der Waals surface area contributed by atoms with Crippen molar-refractivity contribution in [3.63, 3.8) is 0 Å². The number of ether oxygens (including phenoxy) is 1. The van der Waals surface area contributed by atoms with Crippen molar-refractivity contribution in [3.8, 4) is 17.0 Å². The molecule has 5 heteroatoms. The second-order valence-corrected chi connectivity index (χ2v) is 3.53. The average Bonchev–Trinajstić information content (AvgIpc) is 2.39. The first-order valence-electron chi connectivity index (χ1n) is 5.17. The molecule has 0 saturated carbocycles. The van der Waals surface area contributed by atoms with Crippen molar-refractivity contribution in [1.29, 1.82) is 5.41 Å². The number of nitrogens with two attached hydrogens (primary N) is 1. The maximum atomic E-state index is 7.40. The van der Waals surface area contributed by atoms with Gasteiger partial charge in [-0.25, -0.2) is 4.98 Å². The van der Waals surface area contributed by atoms with Crippen LogP contribution in [0.3, 0.4) is 0 Å². The molecule has 0 radical (unpaired) electrons. The molecule has 0 unspecified atom stereocenters. The zero-order valence-electron chi connectivity index (χ0n) is 9.88. The topological polar surface area (TPSA) is 72.0 Å². The van der Waals surface area contributed by atoms with Crippen LogP contribution in [0.5, 0.6) is 5.75 Å². The van der Waals surface area contributed by atoms with E-state index < -0.39 is 0 Å². The van der Waals surface area contributed by atoms with Crippen LogP contribution in [0.2, 0.25) is 0 Å². The Balaban J connectivity index is 0.00000162. The number of nitrogens with one attached hydrogen (secondary N) is 1. The lowest BCUT2D eigenvalue weighted by molar-refractivity contribution is 0.415. The van der Waals surface area contributed by atoms with E-state index in [9.17, 15) is 0 Å². The van der Waals surface area contributed by atoms with Crippen molar-refractivity contribution < 1.29 is 4.74 Å². The lowest BCUT2D eigenvalue weighted by atomic mass is 10.1. The average molecular weight is 264 g/mol. The number of rotatable bonds is 3. The van der Waals surface area contributed by atoms with Crippen molar-refractivity contribution in [2.75, 3.05) is 7.11 Å². The van der Waals surface area contributed by atoms with Gasteiger partial charge in [-0.05, 0) is 12.1 Å². The van der Waals surface area contributed by atoms with Gasteiger partial charge in [-0.15, -0.1) is 12.4 Å². The van der Waals surface area contributed by atoms with Gasteiger partial charge in [0, 0.05) is 5.56 Å². The smallest absolute Gasteiger partial charge is 0.145 e. The first-order chi connectivity index (χ1) is 8.22. The van der Waals surface area contributed by atoms with Crippen LogP contribution in [-0.4, -0.2) is 17.9 Å². The van der Waals surface area contributed by atoms with E-state index >= 15 is 0 Å². The summed E-state index contributed by atoms with van der Waals surface area (Å²) in [4.78, 5) is 4.34. The van der Waals surface area contributed by atoms with Crippen LogP contribution >= 0.6 is 12.4 Å². The van der Waals surface area contributed by atoms with Crippen molar-refractivity contribution in [1.82, 2.24) is 4.98 Å². The number of nitrogen functional groups attached to an aromatic ring is 1. The second-order valence-electron chi connectivity index (χ2n) is 3.53. The predicted octanol–water partition coefficient (Wildman–Crippen LogP) is 2.46. The highest BCUT2D eigenvalue weighted by Gasteiger charge is 2.09. The number of amidine groups is 1. The van der Waals surface area contributed by atoms with Crippen LogP contribution in [0.15, 0.2) is 42.5 Å². The molecule has 0 aliphatic carbocycles. The highest BCUT2D eigenvalue weighted by atomic mass is 35.5. The maximum Gasteiger partial charge on any atom is 0.145 e. The minimum atomic E-state index is -0.0511. The van der Waals surface area contributed by atoms with Gasteiger partial charge in [-0.2, -0.15) is 0 Å². The molecule has 0 spiro atoms. The van der Waals surface area contributed by atoms with Crippen molar-refractivity contribution in [2.24, 2.45) is 5.73 Å². The van der Waals surface area contributed by atoms with Gasteiger partial charge in [0.25, 0.3) is 0 Å². The summed E-state index contributed by atoms with van der Waals surface area (Å²) in [7, 11) is 1.59. The van der Waals surface area contributed by atoms with E-state index in [0.717, 1.165) is 5.56 Å². The Morgan fingerprint density at radius 1 is 1.17 bits per heavy atom. The summed E-state index contributed by atoms with van der Waals surface area (Å²) in [6.45, 7) is 0. The molecule has 18 heavy (non-hydrogen) atoms. The number of pyridine rings is 1. The summed E-state index contributed by atoms with van der Waals surface area (Å²) in [6, 6.07) is 13.1. The third kappa shape index (κ3) is 2.78. The van der Waals surface area contributed by atoms with Gasteiger partial charge in [-0.1, -0.05) is 30.3 Å².